The Morgan fingerprint density at radius 2 is 1.95 bits per heavy atom. The lowest BCUT2D eigenvalue weighted by molar-refractivity contribution is 0.698. The van der Waals surface area contributed by atoms with E-state index in [-0.39, 0.29) is 0 Å². The van der Waals surface area contributed by atoms with Crippen LogP contribution in [0.3, 0.4) is 0 Å². The van der Waals surface area contributed by atoms with Gasteiger partial charge in [-0.2, -0.15) is 0 Å². The van der Waals surface area contributed by atoms with Crippen LogP contribution in [0.1, 0.15) is 24.3 Å². The molecule has 0 bridgehead atoms. The molecule has 1 heterocycles. The SMILES string of the molecule is CCN(CC)c1ncc(CNCc2ccccc2Br)s1. The Hall–Kier alpha value is -0.910. The van der Waals surface area contributed by atoms with Gasteiger partial charge in [-0.25, -0.2) is 4.98 Å². The molecule has 0 saturated heterocycles. The second kappa shape index (κ2) is 7.76. The highest BCUT2D eigenvalue weighted by molar-refractivity contribution is 9.10. The van der Waals surface area contributed by atoms with Crippen LogP contribution in [-0.2, 0) is 13.1 Å². The van der Waals surface area contributed by atoms with E-state index in [4.69, 9.17) is 0 Å². The molecule has 1 aromatic carbocycles. The van der Waals surface area contributed by atoms with Gasteiger partial charge < -0.3 is 10.2 Å². The van der Waals surface area contributed by atoms with Crippen molar-refractivity contribution >= 4 is 32.4 Å². The van der Waals surface area contributed by atoms with Gasteiger partial charge >= 0.3 is 0 Å². The number of aromatic nitrogens is 1. The number of nitrogens with one attached hydrogen (secondary N) is 1. The van der Waals surface area contributed by atoms with E-state index in [1.54, 1.807) is 11.3 Å². The summed E-state index contributed by atoms with van der Waals surface area (Å²) in [5.41, 5.74) is 1.28. The normalized spacial score (nSPS) is 10.8. The minimum Gasteiger partial charge on any atom is -0.349 e. The lowest BCUT2D eigenvalue weighted by atomic mass is 10.2. The van der Waals surface area contributed by atoms with Crippen LogP contribution < -0.4 is 10.2 Å². The number of halogens is 1. The van der Waals surface area contributed by atoms with Crippen molar-refractivity contribution in [3.8, 4) is 0 Å². The van der Waals surface area contributed by atoms with E-state index < -0.39 is 0 Å². The summed E-state index contributed by atoms with van der Waals surface area (Å²) in [7, 11) is 0. The quantitative estimate of drug-likeness (QED) is 0.813. The predicted octanol–water partition coefficient (Wildman–Crippen LogP) is 4.04. The van der Waals surface area contributed by atoms with Gasteiger partial charge in [0.05, 0.1) is 0 Å². The molecule has 1 aromatic heterocycles. The van der Waals surface area contributed by atoms with Crippen LogP contribution >= 0.6 is 27.3 Å². The summed E-state index contributed by atoms with van der Waals surface area (Å²) in [6.45, 7) is 8.06. The molecular weight excluding hydrogens is 334 g/mol. The van der Waals surface area contributed by atoms with E-state index in [1.807, 2.05) is 12.3 Å². The molecule has 2 rings (SSSR count). The highest BCUT2D eigenvalue weighted by Crippen LogP contribution is 2.22. The van der Waals surface area contributed by atoms with Crippen LogP contribution in [0.5, 0.6) is 0 Å². The van der Waals surface area contributed by atoms with E-state index in [9.17, 15) is 0 Å². The van der Waals surface area contributed by atoms with Gasteiger partial charge in [0.1, 0.15) is 0 Å². The first kappa shape index (κ1) is 15.5. The van der Waals surface area contributed by atoms with Gasteiger partial charge in [-0.15, -0.1) is 11.3 Å². The first-order chi connectivity index (χ1) is 9.74. The fourth-order valence-electron chi connectivity index (χ4n) is 1.98. The summed E-state index contributed by atoms with van der Waals surface area (Å²) < 4.78 is 1.15. The lowest BCUT2D eigenvalue weighted by Crippen LogP contribution is -2.21. The highest BCUT2D eigenvalue weighted by atomic mass is 79.9. The van der Waals surface area contributed by atoms with Gasteiger partial charge in [-0.1, -0.05) is 34.1 Å². The number of thiazole rings is 1. The smallest absolute Gasteiger partial charge is 0.185 e. The van der Waals surface area contributed by atoms with E-state index in [0.717, 1.165) is 35.8 Å². The van der Waals surface area contributed by atoms with Crippen molar-refractivity contribution in [2.75, 3.05) is 18.0 Å². The molecular formula is C15H20BrN3S. The molecule has 0 amide bonds. The topological polar surface area (TPSA) is 28.2 Å². The Labute approximate surface area is 133 Å². The average molecular weight is 354 g/mol. The Morgan fingerprint density at radius 1 is 1.20 bits per heavy atom. The largest absolute Gasteiger partial charge is 0.349 e. The van der Waals surface area contributed by atoms with E-state index in [1.165, 1.54) is 10.4 Å². The molecule has 0 spiro atoms. The maximum absolute atomic E-state index is 4.50. The number of hydrogen-bond donors (Lipinski definition) is 1. The number of benzene rings is 1. The third kappa shape index (κ3) is 4.04. The first-order valence-corrected chi connectivity index (χ1v) is 8.49. The maximum Gasteiger partial charge on any atom is 0.185 e. The average Bonchev–Trinajstić information content (AvgIpc) is 2.91. The summed E-state index contributed by atoms with van der Waals surface area (Å²) in [4.78, 5) is 8.05. The van der Waals surface area contributed by atoms with Crippen LogP contribution in [0.15, 0.2) is 34.9 Å². The molecule has 0 aliphatic carbocycles. The summed E-state index contributed by atoms with van der Waals surface area (Å²) in [6, 6.07) is 8.30. The van der Waals surface area contributed by atoms with Gasteiger partial charge in [0.25, 0.3) is 0 Å². The standard InChI is InChI=1S/C15H20BrN3S/c1-3-19(4-2)15-18-11-13(20-15)10-17-9-12-7-5-6-8-14(12)16/h5-8,11,17H,3-4,9-10H2,1-2H3. The van der Waals surface area contributed by atoms with Crippen molar-refractivity contribution in [3.63, 3.8) is 0 Å². The molecule has 2 aromatic rings. The van der Waals surface area contributed by atoms with Crippen molar-refractivity contribution in [3.05, 3.63) is 45.4 Å². The number of nitrogens with zero attached hydrogens (tertiary/aromatic N) is 2. The fraction of sp³-hybridized carbons (Fsp3) is 0.400. The van der Waals surface area contributed by atoms with Crippen LogP contribution in [0.2, 0.25) is 0 Å². The van der Waals surface area contributed by atoms with E-state index >= 15 is 0 Å². The van der Waals surface area contributed by atoms with Crippen LogP contribution in [0.4, 0.5) is 5.13 Å². The second-order valence-electron chi connectivity index (χ2n) is 4.48. The van der Waals surface area contributed by atoms with Gasteiger partial charge in [0.2, 0.25) is 0 Å². The summed E-state index contributed by atoms with van der Waals surface area (Å²) in [6.07, 6.45) is 1.98. The molecule has 0 aliphatic rings. The second-order valence-corrected chi connectivity index (χ2v) is 6.42. The number of rotatable bonds is 7. The molecule has 0 radical (unpaired) electrons. The van der Waals surface area contributed by atoms with Crippen molar-refractivity contribution < 1.29 is 0 Å². The van der Waals surface area contributed by atoms with Crippen molar-refractivity contribution in [2.24, 2.45) is 0 Å². The maximum atomic E-state index is 4.50. The molecule has 0 saturated carbocycles. The van der Waals surface area contributed by atoms with Crippen molar-refractivity contribution in [1.82, 2.24) is 10.3 Å². The molecule has 5 heteroatoms. The summed E-state index contributed by atoms with van der Waals surface area (Å²) >= 11 is 5.34. The van der Waals surface area contributed by atoms with Crippen LogP contribution in [0.25, 0.3) is 0 Å². The molecule has 0 atom stereocenters. The molecule has 0 aliphatic heterocycles. The fourth-order valence-corrected chi connectivity index (χ4v) is 3.41. The zero-order chi connectivity index (χ0) is 14.4. The third-order valence-corrected chi connectivity index (χ3v) is 4.98. The Bertz CT molecular complexity index is 537. The summed E-state index contributed by atoms with van der Waals surface area (Å²) in [5.74, 6) is 0. The zero-order valence-electron chi connectivity index (χ0n) is 11.9. The Kier molecular flexibility index (Phi) is 6.01. The Morgan fingerprint density at radius 3 is 2.65 bits per heavy atom. The van der Waals surface area contributed by atoms with E-state index in [0.29, 0.717) is 0 Å². The molecule has 20 heavy (non-hydrogen) atoms. The van der Waals surface area contributed by atoms with Crippen molar-refractivity contribution in [1.29, 1.82) is 0 Å². The monoisotopic (exact) mass is 353 g/mol. The van der Waals surface area contributed by atoms with Gasteiger partial charge in [0, 0.05) is 41.7 Å². The summed E-state index contributed by atoms with van der Waals surface area (Å²) in [5, 5.41) is 4.59. The third-order valence-electron chi connectivity index (χ3n) is 3.15. The lowest BCUT2D eigenvalue weighted by Gasteiger charge is -2.16. The van der Waals surface area contributed by atoms with Gasteiger partial charge in [0.15, 0.2) is 5.13 Å². The van der Waals surface area contributed by atoms with E-state index in [2.05, 4.69) is 63.2 Å². The zero-order valence-corrected chi connectivity index (χ0v) is 14.3. The van der Waals surface area contributed by atoms with Gasteiger partial charge in [-0.3, -0.25) is 0 Å². The molecule has 0 fully saturated rings. The number of anilines is 1. The predicted molar refractivity (Wildman–Crippen MR) is 90.4 cm³/mol. The minimum absolute atomic E-state index is 0.861. The molecule has 1 N–H and O–H groups in total. The highest BCUT2D eigenvalue weighted by Gasteiger charge is 2.07. The molecule has 108 valence electrons. The minimum atomic E-state index is 0.861. The van der Waals surface area contributed by atoms with Crippen molar-refractivity contribution in [2.45, 2.75) is 26.9 Å². The van der Waals surface area contributed by atoms with Crippen LogP contribution in [-0.4, -0.2) is 18.1 Å². The van der Waals surface area contributed by atoms with Gasteiger partial charge in [-0.05, 0) is 25.5 Å². The molecule has 0 unspecified atom stereocenters. The Balaban J connectivity index is 1.87. The van der Waals surface area contributed by atoms with Crippen LogP contribution in [0, 0.1) is 0 Å². The number of hydrogen-bond acceptors (Lipinski definition) is 4. The first-order valence-electron chi connectivity index (χ1n) is 6.88. The molecule has 3 nitrogen and oxygen atoms in total.